The zero-order chi connectivity index (χ0) is 14.4. The Hall–Kier alpha value is -1.23. The van der Waals surface area contributed by atoms with E-state index in [1.165, 1.54) is 37.1 Å². The van der Waals surface area contributed by atoms with Crippen molar-refractivity contribution in [1.82, 2.24) is 5.32 Å². The molecule has 1 aromatic rings. The molecule has 0 unspecified atom stereocenters. The summed E-state index contributed by atoms with van der Waals surface area (Å²) in [5.74, 6) is 0.335. The molecule has 0 saturated heterocycles. The van der Waals surface area contributed by atoms with Gasteiger partial charge in [-0.2, -0.15) is 0 Å². The number of nitrogens with one attached hydrogen (secondary N) is 1. The van der Waals surface area contributed by atoms with Crippen molar-refractivity contribution in [3.05, 3.63) is 24.0 Å². The fourth-order valence-corrected chi connectivity index (χ4v) is 3.30. The minimum Gasteiger partial charge on any atom is -0.399 e. The zero-order valence-corrected chi connectivity index (χ0v) is 12.3. The Balaban J connectivity index is 1.70. The van der Waals surface area contributed by atoms with Gasteiger partial charge in [-0.15, -0.1) is 11.8 Å². The van der Waals surface area contributed by atoms with Crippen LogP contribution >= 0.6 is 11.8 Å². The lowest BCUT2D eigenvalue weighted by molar-refractivity contribution is -0.121. The first-order valence-electron chi connectivity index (χ1n) is 7.12. The number of rotatable bonds is 5. The lowest BCUT2D eigenvalue weighted by Gasteiger charge is -2.22. The van der Waals surface area contributed by atoms with Gasteiger partial charge in [-0.3, -0.25) is 4.79 Å². The Bertz CT molecular complexity index is 461. The first-order chi connectivity index (χ1) is 9.65. The number of carbonyl (C=O) groups is 1. The Morgan fingerprint density at radius 3 is 2.80 bits per heavy atom. The van der Waals surface area contributed by atoms with Crippen molar-refractivity contribution in [3.63, 3.8) is 0 Å². The summed E-state index contributed by atoms with van der Waals surface area (Å²) in [6.07, 6.45) is 6.28. The van der Waals surface area contributed by atoms with Crippen molar-refractivity contribution in [2.75, 3.05) is 11.5 Å². The van der Waals surface area contributed by atoms with Crippen LogP contribution in [-0.2, 0) is 4.79 Å². The Morgan fingerprint density at radius 1 is 1.35 bits per heavy atom. The number of thioether (sulfide) groups is 1. The Labute approximate surface area is 123 Å². The number of nitrogen functional groups attached to an aromatic ring is 1. The van der Waals surface area contributed by atoms with Crippen molar-refractivity contribution in [2.24, 2.45) is 0 Å². The molecule has 20 heavy (non-hydrogen) atoms. The van der Waals surface area contributed by atoms with E-state index < -0.39 is 0 Å². The topological polar surface area (TPSA) is 55.1 Å². The quantitative estimate of drug-likeness (QED) is 0.647. The van der Waals surface area contributed by atoms with E-state index in [0.717, 1.165) is 12.8 Å². The molecule has 1 amide bonds. The Morgan fingerprint density at radius 2 is 2.10 bits per heavy atom. The van der Waals surface area contributed by atoms with Crippen molar-refractivity contribution in [3.8, 4) is 0 Å². The molecule has 1 saturated carbocycles. The highest BCUT2D eigenvalue weighted by Gasteiger charge is 2.15. The second-order valence-electron chi connectivity index (χ2n) is 5.19. The molecule has 110 valence electrons. The molecule has 1 aliphatic carbocycles. The molecular formula is C15H21FN2OS. The van der Waals surface area contributed by atoms with Gasteiger partial charge in [-0.25, -0.2) is 4.39 Å². The normalized spacial score (nSPS) is 16.1. The highest BCUT2D eigenvalue weighted by atomic mass is 32.2. The third kappa shape index (κ3) is 4.71. The molecule has 0 aliphatic heterocycles. The molecular weight excluding hydrogens is 275 g/mol. The van der Waals surface area contributed by atoms with E-state index in [9.17, 15) is 9.18 Å². The van der Waals surface area contributed by atoms with Gasteiger partial charge in [-0.05, 0) is 31.0 Å². The average molecular weight is 296 g/mol. The fourth-order valence-electron chi connectivity index (χ4n) is 2.43. The van der Waals surface area contributed by atoms with Crippen LogP contribution in [0.3, 0.4) is 0 Å². The number of hydrogen-bond acceptors (Lipinski definition) is 3. The van der Waals surface area contributed by atoms with E-state index in [1.807, 2.05) is 0 Å². The highest BCUT2D eigenvalue weighted by molar-refractivity contribution is 7.99. The van der Waals surface area contributed by atoms with Crippen LogP contribution in [0.2, 0.25) is 0 Å². The van der Waals surface area contributed by atoms with Crippen molar-refractivity contribution >= 4 is 23.4 Å². The Kier molecular flexibility index (Phi) is 5.71. The van der Waals surface area contributed by atoms with Crippen LogP contribution in [-0.4, -0.2) is 17.7 Å². The van der Waals surface area contributed by atoms with Gasteiger partial charge in [0.2, 0.25) is 5.91 Å². The fraction of sp³-hybridized carbons (Fsp3) is 0.533. The molecule has 3 N–H and O–H groups in total. The second-order valence-corrected chi connectivity index (χ2v) is 6.33. The lowest BCUT2D eigenvalue weighted by Crippen LogP contribution is -2.36. The summed E-state index contributed by atoms with van der Waals surface area (Å²) >= 11 is 1.35. The van der Waals surface area contributed by atoms with Gasteiger partial charge in [-0.1, -0.05) is 19.3 Å². The van der Waals surface area contributed by atoms with E-state index in [2.05, 4.69) is 5.32 Å². The lowest BCUT2D eigenvalue weighted by atomic mass is 9.95. The predicted molar refractivity (Wildman–Crippen MR) is 81.2 cm³/mol. The van der Waals surface area contributed by atoms with Crippen molar-refractivity contribution < 1.29 is 9.18 Å². The number of hydrogen-bond donors (Lipinski definition) is 2. The van der Waals surface area contributed by atoms with Crippen LogP contribution in [0.15, 0.2) is 23.1 Å². The van der Waals surface area contributed by atoms with Gasteiger partial charge in [0.1, 0.15) is 5.82 Å². The molecule has 0 spiro atoms. The minimum absolute atomic E-state index is 0.0697. The van der Waals surface area contributed by atoms with Gasteiger partial charge in [0, 0.05) is 28.8 Å². The summed E-state index contributed by atoms with van der Waals surface area (Å²) in [5, 5.41) is 3.06. The summed E-state index contributed by atoms with van der Waals surface area (Å²) in [5.41, 5.74) is 5.91. The van der Waals surface area contributed by atoms with Crippen LogP contribution in [0.1, 0.15) is 38.5 Å². The summed E-state index contributed by atoms with van der Waals surface area (Å²) < 4.78 is 13.5. The first kappa shape index (κ1) is 15.2. The molecule has 1 aromatic carbocycles. The largest absolute Gasteiger partial charge is 0.399 e. The number of amides is 1. The van der Waals surface area contributed by atoms with Gasteiger partial charge in [0.15, 0.2) is 0 Å². The third-order valence-corrected chi connectivity index (χ3v) is 4.56. The molecule has 0 bridgehead atoms. The minimum atomic E-state index is -0.317. The predicted octanol–water partition coefficient (Wildman–Crippen LogP) is 3.34. The molecule has 3 nitrogen and oxygen atoms in total. The van der Waals surface area contributed by atoms with E-state index >= 15 is 0 Å². The van der Waals surface area contributed by atoms with Gasteiger partial charge < -0.3 is 11.1 Å². The maximum atomic E-state index is 13.5. The summed E-state index contributed by atoms with van der Waals surface area (Å²) in [4.78, 5) is 12.3. The van der Waals surface area contributed by atoms with Crippen molar-refractivity contribution in [2.45, 2.75) is 49.5 Å². The maximum absolute atomic E-state index is 13.5. The highest BCUT2D eigenvalue weighted by Crippen LogP contribution is 2.24. The summed E-state index contributed by atoms with van der Waals surface area (Å²) in [6.45, 7) is 0. The van der Waals surface area contributed by atoms with Crippen LogP contribution in [0.4, 0.5) is 10.1 Å². The smallest absolute Gasteiger partial charge is 0.221 e. The molecule has 0 heterocycles. The standard InChI is InChI=1S/C15H21FN2OS/c16-13-10-11(17)6-7-14(13)20-9-8-15(19)18-12-4-2-1-3-5-12/h6-7,10,12H,1-5,8-9,17H2,(H,18,19). The second kappa shape index (κ2) is 7.53. The molecule has 0 atom stereocenters. The summed E-state index contributed by atoms with van der Waals surface area (Å²) in [6, 6.07) is 4.99. The monoisotopic (exact) mass is 296 g/mol. The molecule has 0 radical (unpaired) electrons. The molecule has 1 fully saturated rings. The molecule has 1 aliphatic rings. The number of carbonyl (C=O) groups excluding carboxylic acids is 1. The molecule has 0 aromatic heterocycles. The van der Waals surface area contributed by atoms with Crippen LogP contribution in [0, 0.1) is 5.82 Å². The number of benzene rings is 1. The third-order valence-electron chi connectivity index (χ3n) is 3.51. The average Bonchev–Trinajstić information content (AvgIpc) is 2.42. The zero-order valence-electron chi connectivity index (χ0n) is 11.5. The van der Waals surface area contributed by atoms with E-state index in [-0.39, 0.29) is 11.7 Å². The van der Waals surface area contributed by atoms with E-state index in [4.69, 9.17) is 5.73 Å². The van der Waals surface area contributed by atoms with Crippen LogP contribution in [0.5, 0.6) is 0 Å². The molecule has 5 heteroatoms. The summed E-state index contributed by atoms with van der Waals surface area (Å²) in [7, 11) is 0. The van der Waals surface area contributed by atoms with E-state index in [0.29, 0.717) is 28.8 Å². The SMILES string of the molecule is Nc1ccc(SCCC(=O)NC2CCCCC2)c(F)c1. The van der Waals surface area contributed by atoms with E-state index in [1.54, 1.807) is 12.1 Å². The maximum Gasteiger partial charge on any atom is 0.221 e. The van der Waals surface area contributed by atoms with Crippen LogP contribution in [0.25, 0.3) is 0 Å². The number of anilines is 1. The number of nitrogens with two attached hydrogens (primary N) is 1. The number of halogens is 1. The van der Waals surface area contributed by atoms with Crippen LogP contribution < -0.4 is 11.1 Å². The van der Waals surface area contributed by atoms with Gasteiger partial charge in [0.25, 0.3) is 0 Å². The van der Waals surface area contributed by atoms with Gasteiger partial charge >= 0.3 is 0 Å². The molecule has 2 rings (SSSR count). The van der Waals surface area contributed by atoms with Crippen molar-refractivity contribution in [1.29, 1.82) is 0 Å². The first-order valence-corrected chi connectivity index (χ1v) is 8.11. The van der Waals surface area contributed by atoms with Gasteiger partial charge in [0.05, 0.1) is 0 Å².